The average molecular weight is 554 g/mol. The van der Waals surface area contributed by atoms with Crippen LogP contribution in [0.25, 0.3) is 22.2 Å². The quantitative estimate of drug-likeness (QED) is 0.457. The number of nitrogens with zero attached hydrogens (tertiary/aromatic N) is 2. The van der Waals surface area contributed by atoms with Crippen molar-refractivity contribution in [3.63, 3.8) is 0 Å². The standard InChI is InChI=1S/C31H34F3N3O3/c1-30(2)16-36(8-9-37(30)29(39)20-14-31(3,40)15-20)28(38)19-10-18(11-19)25-23-12-22(33)13-24(34)27(23)35-26(25)17-4-6-21(32)7-5-17/h4-7,12-13,18-20,35,40H,8-11,14-16H2,1-3H3. The van der Waals surface area contributed by atoms with Gasteiger partial charge in [0, 0.05) is 42.9 Å². The van der Waals surface area contributed by atoms with Crippen LogP contribution in [0.1, 0.15) is 57.9 Å². The molecule has 2 aliphatic carbocycles. The van der Waals surface area contributed by atoms with E-state index in [2.05, 4.69) is 4.98 Å². The maximum Gasteiger partial charge on any atom is 0.226 e. The summed E-state index contributed by atoms with van der Waals surface area (Å²) in [5.74, 6) is -2.19. The molecule has 0 bridgehead atoms. The number of amides is 2. The van der Waals surface area contributed by atoms with Gasteiger partial charge in [-0.05, 0) is 93.8 Å². The largest absolute Gasteiger partial charge is 0.390 e. The van der Waals surface area contributed by atoms with Gasteiger partial charge in [-0.1, -0.05) is 0 Å². The second-order valence-corrected chi connectivity index (χ2v) is 12.8. The Hall–Kier alpha value is -3.33. The van der Waals surface area contributed by atoms with Gasteiger partial charge in [-0.2, -0.15) is 0 Å². The lowest BCUT2D eigenvalue weighted by Crippen LogP contribution is -2.65. The second kappa shape index (κ2) is 9.36. The fraction of sp³-hybridized carbons (Fsp3) is 0.484. The summed E-state index contributed by atoms with van der Waals surface area (Å²) in [5.41, 5.74) is 0.910. The summed E-state index contributed by atoms with van der Waals surface area (Å²) in [6, 6.07) is 8.01. The van der Waals surface area contributed by atoms with Crippen LogP contribution in [0.5, 0.6) is 0 Å². The van der Waals surface area contributed by atoms with E-state index in [1.54, 1.807) is 19.1 Å². The van der Waals surface area contributed by atoms with Gasteiger partial charge in [0.2, 0.25) is 11.8 Å². The van der Waals surface area contributed by atoms with Crippen LogP contribution in [0.15, 0.2) is 36.4 Å². The van der Waals surface area contributed by atoms with Crippen molar-refractivity contribution in [1.82, 2.24) is 14.8 Å². The summed E-state index contributed by atoms with van der Waals surface area (Å²) in [5, 5.41) is 10.5. The zero-order valence-electron chi connectivity index (χ0n) is 22.9. The Kier molecular flexibility index (Phi) is 6.29. The molecule has 1 aromatic heterocycles. The van der Waals surface area contributed by atoms with E-state index in [1.165, 1.54) is 18.2 Å². The van der Waals surface area contributed by atoms with E-state index in [9.17, 15) is 27.9 Å². The molecule has 2 saturated carbocycles. The minimum absolute atomic E-state index is 0.0311. The van der Waals surface area contributed by atoms with Crippen molar-refractivity contribution >= 4 is 22.7 Å². The minimum Gasteiger partial charge on any atom is -0.390 e. The first-order chi connectivity index (χ1) is 18.8. The Balaban J connectivity index is 1.18. The van der Waals surface area contributed by atoms with Crippen molar-refractivity contribution in [2.75, 3.05) is 19.6 Å². The molecule has 2 N–H and O–H groups in total. The topological polar surface area (TPSA) is 76.6 Å². The second-order valence-electron chi connectivity index (χ2n) is 12.8. The highest BCUT2D eigenvalue weighted by Gasteiger charge is 2.49. The summed E-state index contributed by atoms with van der Waals surface area (Å²) in [7, 11) is 0. The zero-order valence-corrected chi connectivity index (χ0v) is 22.9. The summed E-state index contributed by atoms with van der Waals surface area (Å²) in [6.45, 7) is 7.00. The molecule has 6 nitrogen and oxygen atoms in total. The molecule has 9 heteroatoms. The van der Waals surface area contributed by atoms with Gasteiger partial charge >= 0.3 is 0 Å². The number of H-pyrrole nitrogens is 1. The molecular weight excluding hydrogens is 519 g/mol. The first kappa shape index (κ1) is 26.9. The van der Waals surface area contributed by atoms with Crippen LogP contribution in [0.4, 0.5) is 13.2 Å². The first-order valence-corrected chi connectivity index (χ1v) is 13.9. The molecule has 3 fully saturated rings. The van der Waals surface area contributed by atoms with Gasteiger partial charge in [-0.15, -0.1) is 0 Å². The van der Waals surface area contributed by atoms with Gasteiger partial charge < -0.3 is 19.9 Å². The van der Waals surface area contributed by atoms with Gasteiger partial charge in [0.15, 0.2) is 0 Å². The number of piperazine rings is 1. The number of hydrogen-bond acceptors (Lipinski definition) is 3. The number of benzene rings is 2. The number of fused-ring (bicyclic) bond motifs is 1. The molecule has 1 aliphatic heterocycles. The zero-order chi connectivity index (χ0) is 28.6. The van der Waals surface area contributed by atoms with Crippen molar-refractivity contribution in [1.29, 1.82) is 0 Å². The van der Waals surface area contributed by atoms with Gasteiger partial charge in [0.05, 0.1) is 22.4 Å². The van der Waals surface area contributed by atoms with E-state index in [1.807, 2.05) is 23.6 Å². The molecule has 2 aromatic carbocycles. The molecule has 40 heavy (non-hydrogen) atoms. The van der Waals surface area contributed by atoms with Gasteiger partial charge in [0.25, 0.3) is 0 Å². The van der Waals surface area contributed by atoms with E-state index < -0.39 is 28.6 Å². The third kappa shape index (κ3) is 4.58. The normalized spacial score (nSPS) is 27.8. The highest BCUT2D eigenvalue weighted by Crippen LogP contribution is 2.49. The molecule has 0 atom stereocenters. The monoisotopic (exact) mass is 553 g/mol. The number of nitrogens with one attached hydrogen (secondary N) is 1. The molecule has 2 heterocycles. The molecule has 3 aliphatic rings. The Morgan fingerprint density at radius 3 is 2.23 bits per heavy atom. The van der Waals surface area contributed by atoms with Crippen LogP contribution < -0.4 is 0 Å². The molecule has 3 aromatic rings. The molecular formula is C31H34F3N3O3. The van der Waals surface area contributed by atoms with Crippen LogP contribution >= 0.6 is 0 Å². The van der Waals surface area contributed by atoms with Gasteiger partial charge in [-0.25, -0.2) is 13.2 Å². The highest BCUT2D eigenvalue weighted by molar-refractivity contribution is 5.93. The number of carbonyl (C=O) groups excluding carboxylic acids is 2. The SMILES string of the molecule is CC1(O)CC(C(=O)N2CCN(C(=O)C3CC(c4c(-c5ccc(F)cc5)[nH]c5c(F)cc(F)cc45)C3)CC2(C)C)C1. The number of hydrogen-bond donors (Lipinski definition) is 2. The fourth-order valence-electron chi connectivity index (χ4n) is 6.97. The first-order valence-electron chi connectivity index (χ1n) is 13.9. The smallest absolute Gasteiger partial charge is 0.226 e. The van der Waals surface area contributed by atoms with Crippen molar-refractivity contribution in [2.24, 2.45) is 11.8 Å². The molecule has 6 rings (SSSR count). The van der Waals surface area contributed by atoms with E-state index in [0.29, 0.717) is 62.0 Å². The molecule has 212 valence electrons. The fourth-order valence-corrected chi connectivity index (χ4v) is 6.97. The van der Waals surface area contributed by atoms with Crippen LogP contribution in [-0.2, 0) is 9.59 Å². The predicted molar refractivity (Wildman–Crippen MR) is 145 cm³/mol. The maximum atomic E-state index is 14.7. The molecule has 0 spiro atoms. The highest BCUT2D eigenvalue weighted by atomic mass is 19.1. The summed E-state index contributed by atoms with van der Waals surface area (Å²) in [4.78, 5) is 33.4. The number of halogens is 3. The van der Waals surface area contributed by atoms with E-state index >= 15 is 0 Å². The Morgan fingerprint density at radius 1 is 0.925 bits per heavy atom. The number of carbonyl (C=O) groups is 2. The third-order valence-electron chi connectivity index (χ3n) is 9.09. The Labute approximate surface area is 231 Å². The van der Waals surface area contributed by atoms with E-state index in [4.69, 9.17) is 0 Å². The Bertz CT molecular complexity index is 1480. The molecule has 1 saturated heterocycles. The molecule has 0 unspecified atom stereocenters. The van der Waals surface area contributed by atoms with Crippen LogP contribution in [0, 0.1) is 29.3 Å². The van der Waals surface area contributed by atoms with Crippen molar-refractivity contribution < 1.29 is 27.9 Å². The lowest BCUT2D eigenvalue weighted by Gasteiger charge is -2.51. The number of rotatable bonds is 4. The third-order valence-corrected chi connectivity index (χ3v) is 9.09. The Morgan fingerprint density at radius 2 is 1.60 bits per heavy atom. The van der Waals surface area contributed by atoms with Crippen molar-refractivity contribution in [2.45, 2.75) is 63.5 Å². The number of aliphatic hydroxyl groups is 1. The van der Waals surface area contributed by atoms with Crippen LogP contribution in [0.3, 0.4) is 0 Å². The molecule has 0 radical (unpaired) electrons. The summed E-state index contributed by atoms with van der Waals surface area (Å²) < 4.78 is 42.5. The lowest BCUT2D eigenvalue weighted by atomic mass is 9.69. The van der Waals surface area contributed by atoms with Gasteiger partial charge in [-0.3, -0.25) is 9.59 Å². The van der Waals surface area contributed by atoms with Crippen LogP contribution in [-0.4, -0.2) is 62.5 Å². The van der Waals surface area contributed by atoms with E-state index in [-0.39, 0.29) is 35.1 Å². The number of aromatic nitrogens is 1. The van der Waals surface area contributed by atoms with Crippen LogP contribution in [0.2, 0.25) is 0 Å². The lowest BCUT2D eigenvalue weighted by molar-refractivity contribution is -0.162. The molecule has 2 amide bonds. The van der Waals surface area contributed by atoms with Gasteiger partial charge in [0.1, 0.15) is 17.5 Å². The maximum absolute atomic E-state index is 14.7. The minimum atomic E-state index is -0.776. The van der Waals surface area contributed by atoms with Crippen molar-refractivity contribution in [3.05, 3.63) is 59.4 Å². The predicted octanol–water partition coefficient (Wildman–Crippen LogP) is 5.36. The summed E-state index contributed by atoms with van der Waals surface area (Å²) >= 11 is 0. The van der Waals surface area contributed by atoms with Crippen molar-refractivity contribution in [3.8, 4) is 11.3 Å². The number of aromatic amines is 1. The van der Waals surface area contributed by atoms with E-state index in [0.717, 1.165) is 11.6 Å². The summed E-state index contributed by atoms with van der Waals surface area (Å²) in [6.07, 6.45) is 2.00. The average Bonchev–Trinajstić information content (AvgIpc) is 3.20.